The Hall–Kier alpha value is -1.56. The second kappa shape index (κ2) is 5.18. The molecule has 1 rings (SSSR count). The van der Waals surface area contributed by atoms with Gasteiger partial charge in [-0.25, -0.2) is 4.68 Å². The van der Waals surface area contributed by atoms with Gasteiger partial charge in [0, 0.05) is 7.05 Å². The lowest BCUT2D eigenvalue weighted by atomic mass is 10.0. The van der Waals surface area contributed by atoms with Crippen LogP contribution in [-0.4, -0.2) is 21.7 Å². The summed E-state index contributed by atoms with van der Waals surface area (Å²) in [6, 6.07) is -0.596. The summed E-state index contributed by atoms with van der Waals surface area (Å²) in [4.78, 5) is 22.7. The van der Waals surface area contributed by atoms with Crippen molar-refractivity contribution in [2.75, 3.05) is 5.32 Å². The number of nitrogens with one attached hydrogen (secondary N) is 1. The van der Waals surface area contributed by atoms with Crippen molar-refractivity contribution in [3.8, 4) is 0 Å². The number of aryl methyl sites for hydroxylation is 1. The number of carbonyl (C=O) groups excluding carboxylic acids is 1. The normalized spacial score (nSPS) is 12.5. The first kappa shape index (κ1) is 13.5. The SMILES string of the molecule is CC(C)[C@@H](Nc1cnn(C)c(=O)c1Cl)C(N)=O. The molecule has 1 aromatic heterocycles. The molecule has 3 N–H and O–H groups in total. The zero-order valence-corrected chi connectivity index (χ0v) is 10.7. The van der Waals surface area contributed by atoms with Crippen LogP contribution >= 0.6 is 11.6 Å². The van der Waals surface area contributed by atoms with Crippen LogP contribution in [0.1, 0.15) is 13.8 Å². The van der Waals surface area contributed by atoms with Gasteiger partial charge >= 0.3 is 0 Å². The standard InChI is InChI=1S/C10H15ClN4O2/c1-5(2)8(9(12)16)14-6-4-13-15(3)10(17)7(6)11/h4-5,8,14H,1-3H3,(H2,12,16)/t8-/m1/s1. The largest absolute Gasteiger partial charge is 0.371 e. The number of primary amides is 1. The molecule has 0 aliphatic rings. The average molecular weight is 259 g/mol. The van der Waals surface area contributed by atoms with Crippen LogP contribution in [0.5, 0.6) is 0 Å². The summed E-state index contributed by atoms with van der Waals surface area (Å²) in [5, 5.41) is 6.64. The molecule has 0 fully saturated rings. The van der Waals surface area contributed by atoms with Crippen LogP contribution in [0, 0.1) is 5.92 Å². The van der Waals surface area contributed by atoms with Gasteiger partial charge in [0.05, 0.1) is 11.9 Å². The van der Waals surface area contributed by atoms with Crippen LogP contribution in [0.3, 0.4) is 0 Å². The molecular weight excluding hydrogens is 244 g/mol. The molecule has 0 saturated heterocycles. The van der Waals surface area contributed by atoms with E-state index in [0.29, 0.717) is 5.69 Å². The van der Waals surface area contributed by atoms with Crippen molar-refractivity contribution in [1.82, 2.24) is 9.78 Å². The molecule has 6 nitrogen and oxygen atoms in total. The number of carbonyl (C=O) groups is 1. The van der Waals surface area contributed by atoms with Gasteiger partial charge < -0.3 is 11.1 Å². The summed E-state index contributed by atoms with van der Waals surface area (Å²) < 4.78 is 1.11. The number of anilines is 1. The molecule has 1 amide bonds. The van der Waals surface area contributed by atoms with Gasteiger partial charge in [-0.1, -0.05) is 25.4 Å². The van der Waals surface area contributed by atoms with Gasteiger partial charge in [-0.3, -0.25) is 9.59 Å². The maximum atomic E-state index is 11.5. The molecule has 0 aliphatic carbocycles. The molecule has 1 aromatic rings. The Morgan fingerprint density at radius 3 is 2.65 bits per heavy atom. The fourth-order valence-electron chi connectivity index (χ4n) is 1.35. The molecular formula is C10H15ClN4O2. The van der Waals surface area contributed by atoms with E-state index >= 15 is 0 Å². The Morgan fingerprint density at radius 2 is 2.18 bits per heavy atom. The summed E-state index contributed by atoms with van der Waals surface area (Å²) in [7, 11) is 1.49. The topological polar surface area (TPSA) is 90.0 Å². The molecule has 0 saturated carbocycles. The number of hydrogen-bond acceptors (Lipinski definition) is 4. The van der Waals surface area contributed by atoms with Crippen LogP contribution in [0.4, 0.5) is 5.69 Å². The third kappa shape index (κ3) is 2.97. The van der Waals surface area contributed by atoms with Gasteiger partial charge in [-0.2, -0.15) is 5.10 Å². The minimum absolute atomic E-state index is 0.00519. The van der Waals surface area contributed by atoms with Crippen molar-refractivity contribution in [1.29, 1.82) is 0 Å². The summed E-state index contributed by atoms with van der Waals surface area (Å²) in [5.41, 5.74) is 5.14. The molecule has 0 bridgehead atoms. The molecule has 1 atom stereocenters. The maximum Gasteiger partial charge on any atom is 0.287 e. The fraction of sp³-hybridized carbons (Fsp3) is 0.500. The number of rotatable bonds is 4. The predicted octanol–water partition coefficient (Wildman–Crippen LogP) is 0.356. The first-order valence-electron chi connectivity index (χ1n) is 5.12. The van der Waals surface area contributed by atoms with E-state index in [2.05, 4.69) is 10.4 Å². The number of nitrogens with zero attached hydrogens (tertiary/aromatic N) is 2. The van der Waals surface area contributed by atoms with Crippen molar-refractivity contribution in [3.63, 3.8) is 0 Å². The molecule has 0 aliphatic heterocycles. The van der Waals surface area contributed by atoms with E-state index in [1.807, 2.05) is 13.8 Å². The summed E-state index contributed by atoms with van der Waals surface area (Å²) in [6.07, 6.45) is 1.39. The zero-order chi connectivity index (χ0) is 13.2. The molecule has 0 aromatic carbocycles. The highest BCUT2D eigenvalue weighted by Crippen LogP contribution is 2.18. The highest BCUT2D eigenvalue weighted by molar-refractivity contribution is 6.33. The molecule has 7 heteroatoms. The van der Waals surface area contributed by atoms with E-state index in [4.69, 9.17) is 17.3 Å². The lowest BCUT2D eigenvalue weighted by molar-refractivity contribution is -0.119. The van der Waals surface area contributed by atoms with Crippen molar-refractivity contribution >= 4 is 23.2 Å². The van der Waals surface area contributed by atoms with E-state index in [1.165, 1.54) is 13.2 Å². The highest BCUT2D eigenvalue weighted by atomic mass is 35.5. The van der Waals surface area contributed by atoms with E-state index in [1.54, 1.807) is 0 Å². The Morgan fingerprint density at radius 1 is 1.59 bits per heavy atom. The molecule has 0 unspecified atom stereocenters. The summed E-state index contributed by atoms with van der Waals surface area (Å²) >= 11 is 5.86. The monoisotopic (exact) mass is 258 g/mol. The van der Waals surface area contributed by atoms with Crippen LogP contribution < -0.4 is 16.6 Å². The number of nitrogens with two attached hydrogens (primary N) is 1. The van der Waals surface area contributed by atoms with Gasteiger partial charge in [-0.05, 0) is 5.92 Å². The van der Waals surface area contributed by atoms with E-state index in [9.17, 15) is 9.59 Å². The Kier molecular flexibility index (Phi) is 4.11. The van der Waals surface area contributed by atoms with E-state index < -0.39 is 17.5 Å². The second-order valence-corrected chi connectivity index (χ2v) is 4.45. The first-order chi connectivity index (χ1) is 7.84. The summed E-state index contributed by atoms with van der Waals surface area (Å²) in [6.45, 7) is 3.68. The van der Waals surface area contributed by atoms with Crippen molar-refractivity contribution in [2.45, 2.75) is 19.9 Å². The Balaban J connectivity index is 3.07. The minimum atomic E-state index is -0.596. The lowest BCUT2D eigenvalue weighted by Gasteiger charge is -2.20. The fourth-order valence-corrected chi connectivity index (χ4v) is 1.57. The minimum Gasteiger partial charge on any atom is -0.371 e. The van der Waals surface area contributed by atoms with Crippen LogP contribution in [-0.2, 0) is 11.8 Å². The molecule has 0 spiro atoms. The molecule has 94 valence electrons. The second-order valence-electron chi connectivity index (χ2n) is 4.07. The average Bonchev–Trinajstić information content (AvgIpc) is 2.24. The highest BCUT2D eigenvalue weighted by Gasteiger charge is 2.21. The van der Waals surface area contributed by atoms with Gasteiger partial charge in [0.15, 0.2) is 0 Å². The van der Waals surface area contributed by atoms with Gasteiger partial charge in [0.1, 0.15) is 11.1 Å². The van der Waals surface area contributed by atoms with Crippen molar-refractivity contribution in [3.05, 3.63) is 21.6 Å². The molecule has 0 radical (unpaired) electrons. The third-order valence-corrected chi connectivity index (χ3v) is 2.73. The van der Waals surface area contributed by atoms with E-state index in [0.717, 1.165) is 4.68 Å². The number of halogens is 1. The van der Waals surface area contributed by atoms with Crippen LogP contribution in [0.15, 0.2) is 11.0 Å². The summed E-state index contributed by atoms with van der Waals surface area (Å²) in [5.74, 6) is -0.524. The van der Waals surface area contributed by atoms with Gasteiger partial charge in [0.25, 0.3) is 5.56 Å². The van der Waals surface area contributed by atoms with Crippen molar-refractivity contribution < 1.29 is 4.79 Å². The predicted molar refractivity (Wildman–Crippen MR) is 65.9 cm³/mol. The zero-order valence-electron chi connectivity index (χ0n) is 9.90. The first-order valence-corrected chi connectivity index (χ1v) is 5.50. The van der Waals surface area contributed by atoms with Gasteiger partial charge in [-0.15, -0.1) is 0 Å². The molecule has 17 heavy (non-hydrogen) atoms. The van der Waals surface area contributed by atoms with Crippen LogP contribution in [0.2, 0.25) is 5.02 Å². The Bertz CT molecular complexity index is 484. The number of aromatic nitrogens is 2. The maximum absolute atomic E-state index is 11.5. The number of amides is 1. The molecule has 1 heterocycles. The van der Waals surface area contributed by atoms with E-state index in [-0.39, 0.29) is 10.9 Å². The smallest absolute Gasteiger partial charge is 0.287 e. The third-order valence-electron chi connectivity index (χ3n) is 2.36. The van der Waals surface area contributed by atoms with Gasteiger partial charge in [0.2, 0.25) is 5.91 Å². The van der Waals surface area contributed by atoms with Crippen molar-refractivity contribution in [2.24, 2.45) is 18.7 Å². The number of hydrogen-bond donors (Lipinski definition) is 2. The quantitative estimate of drug-likeness (QED) is 0.816. The lowest BCUT2D eigenvalue weighted by Crippen LogP contribution is -2.40. The van der Waals surface area contributed by atoms with Crippen LogP contribution in [0.25, 0.3) is 0 Å². The Labute approximate surface area is 104 Å².